The third kappa shape index (κ3) is 2.00. The van der Waals surface area contributed by atoms with Crippen LogP contribution < -0.4 is 5.32 Å². The summed E-state index contributed by atoms with van der Waals surface area (Å²) in [5, 5.41) is 3.47. The summed E-state index contributed by atoms with van der Waals surface area (Å²) in [6.45, 7) is 4.47. The molecule has 2 fully saturated rings. The summed E-state index contributed by atoms with van der Waals surface area (Å²) in [7, 11) is 0. The smallest absolute Gasteiger partial charge is 0.200 e. The Balaban J connectivity index is 1.56. The monoisotopic (exact) mass is 206 g/mol. The van der Waals surface area contributed by atoms with Crippen LogP contribution in [0.15, 0.2) is 6.20 Å². The molecule has 0 spiro atoms. The number of aromatic nitrogens is 2. The average Bonchev–Trinajstić information content (AvgIpc) is 2.84. The minimum atomic E-state index is 0.580. The quantitative estimate of drug-likeness (QED) is 0.785. The average molecular weight is 206 g/mol. The first-order valence-corrected chi connectivity index (χ1v) is 5.83. The molecule has 1 saturated heterocycles. The van der Waals surface area contributed by atoms with Gasteiger partial charge in [0, 0.05) is 37.1 Å². The van der Waals surface area contributed by atoms with E-state index in [4.69, 9.17) is 0 Å². The maximum atomic E-state index is 4.28. The number of nitrogens with zero attached hydrogens (tertiary/aromatic N) is 2. The van der Waals surface area contributed by atoms with Crippen LogP contribution in [0.2, 0.25) is 0 Å². The van der Waals surface area contributed by atoms with Crippen molar-refractivity contribution in [3.8, 4) is 0 Å². The van der Waals surface area contributed by atoms with Crippen LogP contribution in [-0.4, -0.2) is 40.0 Å². The Labute approximate surface area is 90.1 Å². The highest BCUT2D eigenvalue weighted by Gasteiger charge is 2.34. The zero-order chi connectivity index (χ0) is 10.3. The van der Waals surface area contributed by atoms with E-state index in [2.05, 4.69) is 20.2 Å². The second-order valence-corrected chi connectivity index (χ2v) is 4.77. The second-order valence-electron chi connectivity index (χ2n) is 4.77. The predicted molar refractivity (Wildman–Crippen MR) is 59.9 cm³/mol. The molecule has 2 N–H and O–H groups in total. The number of imidazole rings is 1. The molecule has 1 unspecified atom stereocenters. The first-order valence-electron chi connectivity index (χ1n) is 5.83. The van der Waals surface area contributed by atoms with Crippen LogP contribution in [0.1, 0.15) is 25.0 Å². The highest BCUT2D eigenvalue weighted by atomic mass is 15.2. The highest BCUT2D eigenvalue weighted by molar-refractivity contribution is 5.28. The number of H-pyrrole nitrogens is 1. The SMILES string of the molecule is Cc1cnc(NC2CCN(C3CC3)C2)[nH]1. The molecule has 0 bridgehead atoms. The molecule has 1 aromatic rings. The normalized spacial score (nSPS) is 27.1. The van der Waals surface area contributed by atoms with Gasteiger partial charge in [0.2, 0.25) is 5.95 Å². The van der Waals surface area contributed by atoms with Gasteiger partial charge in [-0.05, 0) is 26.2 Å². The van der Waals surface area contributed by atoms with E-state index < -0.39 is 0 Å². The summed E-state index contributed by atoms with van der Waals surface area (Å²) in [5.41, 5.74) is 1.12. The molecule has 0 radical (unpaired) electrons. The summed E-state index contributed by atoms with van der Waals surface area (Å²) in [4.78, 5) is 10.1. The highest BCUT2D eigenvalue weighted by Crippen LogP contribution is 2.30. The molecule has 82 valence electrons. The zero-order valence-electron chi connectivity index (χ0n) is 9.16. The molecular weight excluding hydrogens is 188 g/mol. The standard InChI is InChI=1S/C11H18N4/c1-8-6-12-11(13-8)14-9-4-5-15(7-9)10-2-3-10/h6,9-10H,2-5,7H2,1H3,(H2,12,13,14). The van der Waals surface area contributed by atoms with Crippen molar-refractivity contribution >= 4 is 5.95 Å². The summed E-state index contributed by atoms with van der Waals surface area (Å²) in [6, 6.07) is 1.48. The van der Waals surface area contributed by atoms with Crippen molar-refractivity contribution in [2.75, 3.05) is 18.4 Å². The Bertz CT molecular complexity index is 342. The number of rotatable bonds is 3. The van der Waals surface area contributed by atoms with Crippen LogP contribution in [0.5, 0.6) is 0 Å². The molecule has 2 aliphatic rings. The number of hydrogen-bond donors (Lipinski definition) is 2. The van der Waals surface area contributed by atoms with E-state index in [0.29, 0.717) is 6.04 Å². The number of anilines is 1. The fourth-order valence-electron chi connectivity index (χ4n) is 2.36. The van der Waals surface area contributed by atoms with Crippen molar-refractivity contribution in [2.24, 2.45) is 0 Å². The molecule has 4 heteroatoms. The Kier molecular flexibility index (Phi) is 2.16. The molecule has 1 aromatic heterocycles. The molecule has 15 heavy (non-hydrogen) atoms. The van der Waals surface area contributed by atoms with Crippen molar-refractivity contribution in [3.05, 3.63) is 11.9 Å². The third-order valence-corrected chi connectivity index (χ3v) is 3.33. The number of likely N-dealkylation sites (tertiary alicyclic amines) is 1. The maximum Gasteiger partial charge on any atom is 0.200 e. The first kappa shape index (κ1) is 9.21. The molecule has 2 heterocycles. The van der Waals surface area contributed by atoms with Crippen molar-refractivity contribution in [3.63, 3.8) is 0 Å². The molecule has 1 atom stereocenters. The van der Waals surface area contributed by atoms with E-state index in [0.717, 1.165) is 17.7 Å². The maximum absolute atomic E-state index is 4.28. The first-order chi connectivity index (χ1) is 7.31. The summed E-state index contributed by atoms with van der Waals surface area (Å²) in [6.07, 6.45) is 5.94. The Morgan fingerprint density at radius 2 is 2.33 bits per heavy atom. The predicted octanol–water partition coefficient (Wildman–Crippen LogP) is 1.37. The van der Waals surface area contributed by atoms with Gasteiger partial charge >= 0.3 is 0 Å². The minimum Gasteiger partial charge on any atom is -0.352 e. The molecule has 4 nitrogen and oxygen atoms in total. The van der Waals surface area contributed by atoms with Gasteiger partial charge in [0.25, 0.3) is 0 Å². The van der Waals surface area contributed by atoms with Crippen LogP contribution in [-0.2, 0) is 0 Å². The van der Waals surface area contributed by atoms with Crippen LogP contribution in [0.4, 0.5) is 5.95 Å². The summed E-state index contributed by atoms with van der Waals surface area (Å²) in [5.74, 6) is 0.926. The lowest BCUT2D eigenvalue weighted by Gasteiger charge is -2.15. The Morgan fingerprint density at radius 3 is 3.00 bits per heavy atom. The lowest BCUT2D eigenvalue weighted by atomic mass is 10.3. The molecular formula is C11H18N4. The zero-order valence-corrected chi connectivity index (χ0v) is 9.16. The van der Waals surface area contributed by atoms with E-state index in [9.17, 15) is 0 Å². The van der Waals surface area contributed by atoms with Crippen molar-refractivity contribution in [1.29, 1.82) is 0 Å². The van der Waals surface area contributed by atoms with Gasteiger partial charge in [0.05, 0.1) is 0 Å². The van der Waals surface area contributed by atoms with Crippen molar-refractivity contribution in [1.82, 2.24) is 14.9 Å². The van der Waals surface area contributed by atoms with Gasteiger partial charge in [0.15, 0.2) is 0 Å². The van der Waals surface area contributed by atoms with Crippen LogP contribution in [0.3, 0.4) is 0 Å². The fraction of sp³-hybridized carbons (Fsp3) is 0.727. The van der Waals surface area contributed by atoms with Gasteiger partial charge in [-0.1, -0.05) is 0 Å². The lowest BCUT2D eigenvalue weighted by molar-refractivity contribution is 0.326. The molecule has 0 amide bonds. The molecule has 1 aliphatic carbocycles. The van der Waals surface area contributed by atoms with Crippen LogP contribution in [0, 0.1) is 6.92 Å². The van der Waals surface area contributed by atoms with Crippen molar-refractivity contribution < 1.29 is 0 Å². The molecule has 0 aromatic carbocycles. The van der Waals surface area contributed by atoms with Gasteiger partial charge in [-0.15, -0.1) is 0 Å². The third-order valence-electron chi connectivity index (χ3n) is 3.33. The van der Waals surface area contributed by atoms with Gasteiger partial charge < -0.3 is 10.3 Å². The Morgan fingerprint density at radius 1 is 1.47 bits per heavy atom. The van der Waals surface area contributed by atoms with E-state index in [-0.39, 0.29) is 0 Å². The topological polar surface area (TPSA) is 44.0 Å². The lowest BCUT2D eigenvalue weighted by Crippen LogP contribution is -2.28. The van der Waals surface area contributed by atoms with E-state index in [1.54, 1.807) is 0 Å². The van der Waals surface area contributed by atoms with Gasteiger partial charge in [-0.2, -0.15) is 0 Å². The molecule has 3 rings (SSSR count). The largest absolute Gasteiger partial charge is 0.352 e. The number of aryl methyl sites for hydroxylation is 1. The van der Waals surface area contributed by atoms with E-state index in [1.165, 1.54) is 32.4 Å². The van der Waals surface area contributed by atoms with Crippen molar-refractivity contribution in [2.45, 2.75) is 38.3 Å². The molecule has 1 saturated carbocycles. The van der Waals surface area contributed by atoms with E-state index in [1.807, 2.05) is 13.1 Å². The van der Waals surface area contributed by atoms with Crippen LogP contribution >= 0.6 is 0 Å². The minimum absolute atomic E-state index is 0.580. The number of hydrogen-bond acceptors (Lipinski definition) is 3. The molecule has 1 aliphatic heterocycles. The van der Waals surface area contributed by atoms with Gasteiger partial charge in [-0.3, -0.25) is 4.90 Å². The second kappa shape index (κ2) is 3.52. The summed E-state index contributed by atoms with van der Waals surface area (Å²) < 4.78 is 0. The number of aromatic amines is 1. The Hall–Kier alpha value is -1.03. The van der Waals surface area contributed by atoms with Gasteiger partial charge in [-0.25, -0.2) is 4.98 Å². The van der Waals surface area contributed by atoms with Crippen LogP contribution in [0.25, 0.3) is 0 Å². The summed E-state index contributed by atoms with van der Waals surface area (Å²) >= 11 is 0. The number of nitrogens with one attached hydrogen (secondary N) is 2. The van der Waals surface area contributed by atoms with E-state index >= 15 is 0 Å². The fourth-order valence-corrected chi connectivity index (χ4v) is 2.36. The van der Waals surface area contributed by atoms with Gasteiger partial charge in [0.1, 0.15) is 0 Å².